The van der Waals surface area contributed by atoms with Crippen molar-refractivity contribution in [1.29, 1.82) is 0 Å². The van der Waals surface area contributed by atoms with Crippen molar-refractivity contribution in [3.8, 4) is 0 Å². The summed E-state index contributed by atoms with van der Waals surface area (Å²) in [5.41, 5.74) is 0.536. The molecular weight excluding hydrogens is 292 g/mol. The molecule has 2 rings (SSSR count). The fraction of sp³-hybridized carbons (Fsp3) is 0.143. The van der Waals surface area contributed by atoms with Crippen molar-refractivity contribution in [2.75, 3.05) is 6.54 Å². The van der Waals surface area contributed by atoms with Gasteiger partial charge >= 0.3 is 7.12 Å². The van der Waals surface area contributed by atoms with Crippen LogP contribution in [0.5, 0.6) is 0 Å². The van der Waals surface area contributed by atoms with Gasteiger partial charge in [-0.2, -0.15) is 0 Å². The molecule has 0 amide bonds. The fourth-order valence-corrected chi connectivity index (χ4v) is 2.71. The van der Waals surface area contributed by atoms with Gasteiger partial charge in [-0.3, -0.25) is 0 Å². The van der Waals surface area contributed by atoms with Crippen LogP contribution in [0.4, 0.5) is 4.39 Å². The summed E-state index contributed by atoms with van der Waals surface area (Å²) in [6.07, 6.45) is 0.483. The molecule has 0 fully saturated rings. The molecule has 2 aromatic carbocycles. The maximum atomic E-state index is 13.6. The molecular formula is C14H15BFNO3S. The molecule has 1 atom stereocenters. The fourth-order valence-electron chi connectivity index (χ4n) is 1.85. The zero-order valence-corrected chi connectivity index (χ0v) is 12.0. The first-order chi connectivity index (χ1) is 10.1. The third-order valence-corrected chi connectivity index (χ3v) is 4.11. The lowest BCUT2D eigenvalue weighted by molar-refractivity contribution is 0.423. The highest BCUT2D eigenvalue weighted by atomic mass is 32.2. The molecule has 110 valence electrons. The van der Waals surface area contributed by atoms with Gasteiger partial charge in [0, 0.05) is 12.0 Å². The largest absolute Gasteiger partial charge is 0.491 e. The maximum Gasteiger partial charge on any atom is 0.491 e. The Morgan fingerprint density at radius 3 is 2.48 bits per heavy atom. The van der Waals surface area contributed by atoms with E-state index in [0.29, 0.717) is 23.4 Å². The van der Waals surface area contributed by atoms with Gasteiger partial charge in [-0.1, -0.05) is 30.3 Å². The Balaban J connectivity index is 1.89. The predicted octanol–water partition coefficient (Wildman–Crippen LogP) is 0.360. The van der Waals surface area contributed by atoms with Crippen LogP contribution in [0.1, 0.15) is 5.56 Å². The van der Waals surface area contributed by atoms with Crippen LogP contribution in [0.3, 0.4) is 0 Å². The monoisotopic (exact) mass is 307 g/mol. The van der Waals surface area contributed by atoms with Gasteiger partial charge in [-0.15, -0.1) is 0 Å². The lowest BCUT2D eigenvalue weighted by Crippen LogP contribution is -2.32. The standard InChI is InChI=1S/C14H15BFNO3S/c16-14-10-11(6-7-13(14)15(18)19)8-9-17-21(20)12-4-2-1-3-5-12/h1-7,10,17-19H,8-9H2. The summed E-state index contributed by atoms with van der Waals surface area (Å²) in [6, 6.07) is 13.2. The summed E-state index contributed by atoms with van der Waals surface area (Å²) in [7, 11) is -3.11. The Morgan fingerprint density at radius 2 is 1.86 bits per heavy atom. The van der Waals surface area contributed by atoms with Crippen molar-refractivity contribution >= 4 is 23.6 Å². The predicted molar refractivity (Wildman–Crippen MR) is 80.8 cm³/mol. The van der Waals surface area contributed by atoms with Crippen molar-refractivity contribution < 1.29 is 18.6 Å². The summed E-state index contributed by atoms with van der Waals surface area (Å²) in [5, 5.41) is 17.9. The van der Waals surface area contributed by atoms with Crippen LogP contribution in [-0.4, -0.2) is 27.9 Å². The van der Waals surface area contributed by atoms with Crippen LogP contribution in [-0.2, 0) is 17.4 Å². The van der Waals surface area contributed by atoms with Crippen molar-refractivity contribution in [2.45, 2.75) is 11.3 Å². The minimum atomic E-state index is -1.82. The molecule has 7 heteroatoms. The molecule has 0 aromatic heterocycles. The minimum absolute atomic E-state index is 0.153. The topological polar surface area (TPSA) is 69.6 Å². The number of benzene rings is 2. The van der Waals surface area contributed by atoms with Crippen LogP contribution < -0.4 is 10.2 Å². The molecule has 1 unspecified atom stereocenters. The molecule has 0 aliphatic rings. The molecule has 0 aliphatic carbocycles. The molecule has 2 aromatic rings. The Bertz CT molecular complexity index is 625. The summed E-state index contributed by atoms with van der Waals surface area (Å²) in [6.45, 7) is 0.419. The molecule has 0 saturated heterocycles. The number of hydrogen-bond acceptors (Lipinski definition) is 3. The van der Waals surface area contributed by atoms with E-state index in [2.05, 4.69) is 4.72 Å². The van der Waals surface area contributed by atoms with E-state index >= 15 is 0 Å². The number of rotatable bonds is 6. The van der Waals surface area contributed by atoms with Crippen molar-refractivity contribution in [3.63, 3.8) is 0 Å². The summed E-state index contributed by atoms with van der Waals surface area (Å²) in [4.78, 5) is 0.683. The van der Waals surface area contributed by atoms with Gasteiger partial charge in [0.25, 0.3) is 0 Å². The molecule has 0 radical (unpaired) electrons. The second-order valence-corrected chi connectivity index (χ2v) is 5.75. The van der Waals surface area contributed by atoms with Crippen LogP contribution >= 0.6 is 0 Å². The first-order valence-electron chi connectivity index (χ1n) is 6.42. The van der Waals surface area contributed by atoms with E-state index in [1.807, 2.05) is 18.2 Å². The van der Waals surface area contributed by atoms with Crippen LogP contribution in [0.25, 0.3) is 0 Å². The molecule has 0 aliphatic heterocycles. The lowest BCUT2D eigenvalue weighted by atomic mass is 9.79. The highest BCUT2D eigenvalue weighted by molar-refractivity contribution is 7.83. The van der Waals surface area contributed by atoms with Crippen LogP contribution in [0.2, 0.25) is 0 Å². The lowest BCUT2D eigenvalue weighted by Gasteiger charge is -2.07. The molecule has 0 spiro atoms. The Morgan fingerprint density at radius 1 is 1.14 bits per heavy atom. The summed E-state index contributed by atoms with van der Waals surface area (Å²) < 4.78 is 28.3. The van der Waals surface area contributed by atoms with E-state index in [0.717, 1.165) is 0 Å². The van der Waals surface area contributed by atoms with Gasteiger partial charge in [0.2, 0.25) is 0 Å². The van der Waals surface area contributed by atoms with Gasteiger partial charge < -0.3 is 10.0 Å². The summed E-state index contributed by atoms with van der Waals surface area (Å²) >= 11 is 0. The molecule has 21 heavy (non-hydrogen) atoms. The van der Waals surface area contributed by atoms with Gasteiger partial charge in [0.15, 0.2) is 0 Å². The second-order valence-electron chi connectivity index (χ2n) is 4.46. The third-order valence-electron chi connectivity index (χ3n) is 2.95. The molecule has 3 N–H and O–H groups in total. The zero-order valence-electron chi connectivity index (χ0n) is 11.2. The van der Waals surface area contributed by atoms with E-state index in [1.165, 1.54) is 12.1 Å². The summed E-state index contributed by atoms with van der Waals surface area (Å²) in [5.74, 6) is -0.660. The van der Waals surface area contributed by atoms with Crippen molar-refractivity contribution in [3.05, 3.63) is 59.9 Å². The first kappa shape index (κ1) is 15.8. The van der Waals surface area contributed by atoms with Crippen LogP contribution in [0, 0.1) is 5.82 Å². The average Bonchev–Trinajstić information content (AvgIpc) is 2.47. The molecule has 0 saturated carbocycles. The molecule has 0 bridgehead atoms. The SMILES string of the molecule is O=S(NCCc1ccc(B(O)O)c(F)c1)c1ccccc1. The van der Waals surface area contributed by atoms with Crippen molar-refractivity contribution in [1.82, 2.24) is 4.72 Å². The van der Waals surface area contributed by atoms with Gasteiger partial charge in [0.1, 0.15) is 16.8 Å². The number of hydrogen-bond donors (Lipinski definition) is 3. The highest BCUT2D eigenvalue weighted by Gasteiger charge is 2.16. The van der Waals surface area contributed by atoms with E-state index in [9.17, 15) is 8.60 Å². The Kier molecular flexibility index (Phi) is 5.63. The normalized spacial score (nSPS) is 12.1. The van der Waals surface area contributed by atoms with Crippen molar-refractivity contribution in [2.24, 2.45) is 0 Å². The Hall–Kier alpha value is -1.54. The second kappa shape index (κ2) is 7.47. The average molecular weight is 307 g/mol. The number of halogens is 1. The molecule has 4 nitrogen and oxygen atoms in total. The quantitative estimate of drug-likeness (QED) is 0.675. The van der Waals surface area contributed by atoms with Gasteiger partial charge in [-0.25, -0.2) is 13.3 Å². The minimum Gasteiger partial charge on any atom is -0.423 e. The Labute approximate surface area is 125 Å². The molecule has 0 heterocycles. The van der Waals surface area contributed by atoms with Crippen LogP contribution in [0.15, 0.2) is 53.4 Å². The van der Waals surface area contributed by atoms with Gasteiger partial charge in [0.05, 0.1) is 4.90 Å². The third kappa shape index (κ3) is 4.47. The van der Waals surface area contributed by atoms with Gasteiger partial charge in [-0.05, 0) is 30.2 Å². The first-order valence-corrected chi connectivity index (χ1v) is 7.57. The highest BCUT2D eigenvalue weighted by Crippen LogP contribution is 2.05. The van der Waals surface area contributed by atoms with E-state index < -0.39 is 23.9 Å². The zero-order chi connectivity index (χ0) is 15.2. The smallest absolute Gasteiger partial charge is 0.423 e. The van der Waals surface area contributed by atoms with E-state index in [4.69, 9.17) is 10.0 Å². The number of nitrogens with one attached hydrogen (secondary N) is 1. The van der Waals surface area contributed by atoms with E-state index in [1.54, 1.807) is 18.2 Å². The maximum absolute atomic E-state index is 13.6. The van der Waals surface area contributed by atoms with E-state index in [-0.39, 0.29) is 5.46 Å².